The summed E-state index contributed by atoms with van der Waals surface area (Å²) in [6.07, 6.45) is 3.35. The van der Waals surface area contributed by atoms with Gasteiger partial charge >= 0.3 is 0 Å². The first-order valence-corrected chi connectivity index (χ1v) is 4.02. The summed E-state index contributed by atoms with van der Waals surface area (Å²) < 4.78 is 0. The molecule has 0 fully saturated rings. The van der Waals surface area contributed by atoms with Crippen LogP contribution in [0.5, 0.6) is 0 Å². The third-order valence-electron chi connectivity index (χ3n) is 1.73. The van der Waals surface area contributed by atoms with Crippen LogP contribution in [0.3, 0.4) is 0 Å². The van der Waals surface area contributed by atoms with E-state index in [1.165, 1.54) is 0 Å². The number of aromatic nitrogens is 2. The fraction of sp³-hybridized carbons (Fsp3) is 0.111. The predicted octanol–water partition coefficient (Wildman–Crippen LogP) is 2.59. The van der Waals surface area contributed by atoms with Crippen LogP contribution in [0.25, 0.3) is 11.0 Å². The van der Waals surface area contributed by atoms with Crippen LogP contribution in [-0.2, 0) is 0 Å². The van der Waals surface area contributed by atoms with Crippen LogP contribution in [0.4, 0.5) is 0 Å². The van der Waals surface area contributed by atoms with Gasteiger partial charge in [-0.05, 0) is 24.6 Å². The number of hydrogen-bond donors (Lipinski definition) is 0. The lowest BCUT2D eigenvalue weighted by molar-refractivity contribution is 1.27. The van der Waals surface area contributed by atoms with Crippen molar-refractivity contribution >= 4 is 22.6 Å². The lowest BCUT2D eigenvalue weighted by Crippen LogP contribution is -1.85. The SMILES string of the molecule is Cc1cc(Cl)cc2nccnc12. The molecule has 0 unspecified atom stereocenters. The molecule has 3 heteroatoms. The van der Waals surface area contributed by atoms with E-state index in [1.54, 1.807) is 12.4 Å². The molecule has 60 valence electrons. The molecular formula is C9H7ClN2. The normalized spacial score (nSPS) is 10.5. The zero-order chi connectivity index (χ0) is 8.55. The summed E-state index contributed by atoms with van der Waals surface area (Å²) in [5.74, 6) is 0. The summed E-state index contributed by atoms with van der Waals surface area (Å²) in [6.45, 7) is 1.98. The minimum Gasteiger partial charge on any atom is -0.253 e. The highest BCUT2D eigenvalue weighted by molar-refractivity contribution is 6.31. The van der Waals surface area contributed by atoms with Crippen LogP contribution in [0.1, 0.15) is 5.56 Å². The lowest BCUT2D eigenvalue weighted by Gasteiger charge is -1.99. The molecule has 1 aromatic carbocycles. The minimum atomic E-state index is 0.709. The van der Waals surface area contributed by atoms with E-state index in [2.05, 4.69) is 9.97 Å². The second-order valence-electron chi connectivity index (χ2n) is 2.65. The molecule has 1 heterocycles. The molecule has 0 aliphatic heterocycles. The van der Waals surface area contributed by atoms with Crippen molar-refractivity contribution in [2.75, 3.05) is 0 Å². The number of hydrogen-bond acceptors (Lipinski definition) is 2. The second kappa shape index (κ2) is 2.72. The number of fused-ring (bicyclic) bond motifs is 1. The van der Waals surface area contributed by atoms with Crippen molar-refractivity contribution in [3.8, 4) is 0 Å². The molecule has 0 N–H and O–H groups in total. The highest BCUT2D eigenvalue weighted by atomic mass is 35.5. The lowest BCUT2D eigenvalue weighted by atomic mass is 10.2. The van der Waals surface area contributed by atoms with Crippen molar-refractivity contribution in [2.24, 2.45) is 0 Å². The van der Waals surface area contributed by atoms with E-state index in [4.69, 9.17) is 11.6 Å². The monoisotopic (exact) mass is 178 g/mol. The van der Waals surface area contributed by atoms with Gasteiger partial charge in [-0.2, -0.15) is 0 Å². The highest BCUT2D eigenvalue weighted by Gasteiger charge is 1.99. The highest BCUT2D eigenvalue weighted by Crippen LogP contribution is 2.19. The van der Waals surface area contributed by atoms with Gasteiger partial charge in [0, 0.05) is 17.4 Å². The Morgan fingerprint density at radius 3 is 2.75 bits per heavy atom. The average molecular weight is 179 g/mol. The minimum absolute atomic E-state index is 0.709. The Morgan fingerprint density at radius 2 is 1.92 bits per heavy atom. The third-order valence-corrected chi connectivity index (χ3v) is 1.95. The number of aryl methyl sites for hydroxylation is 1. The van der Waals surface area contributed by atoms with Gasteiger partial charge in [0.15, 0.2) is 0 Å². The Kier molecular flexibility index (Phi) is 1.70. The zero-order valence-corrected chi connectivity index (χ0v) is 7.34. The van der Waals surface area contributed by atoms with Crippen LogP contribution >= 0.6 is 11.6 Å². The Balaban J connectivity index is 2.89. The van der Waals surface area contributed by atoms with Gasteiger partial charge in [0.1, 0.15) is 0 Å². The molecule has 0 aliphatic rings. The van der Waals surface area contributed by atoms with Gasteiger partial charge in [-0.25, -0.2) is 0 Å². The van der Waals surface area contributed by atoms with Crippen molar-refractivity contribution in [3.63, 3.8) is 0 Å². The average Bonchev–Trinajstić information content (AvgIpc) is 2.04. The van der Waals surface area contributed by atoms with Gasteiger partial charge < -0.3 is 0 Å². The van der Waals surface area contributed by atoms with E-state index in [9.17, 15) is 0 Å². The second-order valence-corrected chi connectivity index (χ2v) is 3.08. The van der Waals surface area contributed by atoms with Gasteiger partial charge in [0.05, 0.1) is 11.0 Å². The van der Waals surface area contributed by atoms with Crippen LogP contribution in [0, 0.1) is 6.92 Å². The van der Waals surface area contributed by atoms with E-state index >= 15 is 0 Å². The van der Waals surface area contributed by atoms with E-state index < -0.39 is 0 Å². The number of halogens is 1. The molecule has 0 saturated carbocycles. The van der Waals surface area contributed by atoms with Crippen molar-refractivity contribution in [1.82, 2.24) is 9.97 Å². The Morgan fingerprint density at radius 1 is 1.17 bits per heavy atom. The van der Waals surface area contributed by atoms with Gasteiger partial charge in [-0.3, -0.25) is 9.97 Å². The molecule has 12 heavy (non-hydrogen) atoms. The molecule has 2 aromatic rings. The molecule has 2 rings (SSSR count). The summed E-state index contributed by atoms with van der Waals surface area (Å²) in [5, 5.41) is 0.709. The molecule has 0 saturated heterocycles. The van der Waals surface area contributed by atoms with E-state index in [0.717, 1.165) is 16.6 Å². The molecule has 0 spiro atoms. The van der Waals surface area contributed by atoms with Gasteiger partial charge in [0.25, 0.3) is 0 Å². The molecule has 0 aliphatic carbocycles. The maximum absolute atomic E-state index is 5.86. The number of benzene rings is 1. The maximum Gasteiger partial charge on any atom is 0.0916 e. The summed E-state index contributed by atoms with van der Waals surface area (Å²) in [4.78, 5) is 8.36. The fourth-order valence-electron chi connectivity index (χ4n) is 1.21. The standard InChI is InChI=1S/C9H7ClN2/c1-6-4-7(10)5-8-9(6)12-3-2-11-8/h2-5H,1H3. The smallest absolute Gasteiger partial charge is 0.0916 e. The Labute approximate surface area is 75.2 Å². The molecule has 1 aromatic heterocycles. The number of nitrogens with zero attached hydrogens (tertiary/aromatic N) is 2. The summed E-state index contributed by atoms with van der Waals surface area (Å²) in [7, 11) is 0. The fourth-order valence-corrected chi connectivity index (χ4v) is 1.47. The zero-order valence-electron chi connectivity index (χ0n) is 6.58. The maximum atomic E-state index is 5.86. The first-order chi connectivity index (χ1) is 5.77. The predicted molar refractivity (Wildman–Crippen MR) is 49.3 cm³/mol. The Hall–Kier alpha value is -1.15. The third kappa shape index (κ3) is 1.14. The topological polar surface area (TPSA) is 25.8 Å². The van der Waals surface area contributed by atoms with Crippen molar-refractivity contribution in [2.45, 2.75) is 6.92 Å². The van der Waals surface area contributed by atoms with Gasteiger partial charge in [0.2, 0.25) is 0 Å². The van der Waals surface area contributed by atoms with Crippen LogP contribution in [0.2, 0.25) is 5.02 Å². The quantitative estimate of drug-likeness (QED) is 0.620. The van der Waals surface area contributed by atoms with E-state index in [1.807, 2.05) is 19.1 Å². The first kappa shape index (κ1) is 7.50. The summed E-state index contributed by atoms with van der Waals surface area (Å²) >= 11 is 5.86. The molecule has 0 bridgehead atoms. The number of rotatable bonds is 0. The summed E-state index contributed by atoms with van der Waals surface area (Å²) in [5.41, 5.74) is 2.83. The van der Waals surface area contributed by atoms with Gasteiger partial charge in [-0.1, -0.05) is 11.6 Å². The Bertz CT molecular complexity index is 426. The molecule has 2 nitrogen and oxygen atoms in total. The molecule has 0 atom stereocenters. The first-order valence-electron chi connectivity index (χ1n) is 3.64. The van der Waals surface area contributed by atoms with E-state index in [0.29, 0.717) is 5.02 Å². The molecule has 0 amide bonds. The van der Waals surface area contributed by atoms with Crippen molar-refractivity contribution < 1.29 is 0 Å². The molecular weight excluding hydrogens is 172 g/mol. The largest absolute Gasteiger partial charge is 0.253 e. The van der Waals surface area contributed by atoms with Gasteiger partial charge in [-0.15, -0.1) is 0 Å². The molecule has 0 radical (unpaired) electrons. The van der Waals surface area contributed by atoms with Crippen molar-refractivity contribution in [1.29, 1.82) is 0 Å². The van der Waals surface area contributed by atoms with E-state index in [-0.39, 0.29) is 0 Å². The van der Waals surface area contributed by atoms with Crippen LogP contribution in [0.15, 0.2) is 24.5 Å². The van der Waals surface area contributed by atoms with Crippen LogP contribution < -0.4 is 0 Å². The van der Waals surface area contributed by atoms with Crippen molar-refractivity contribution in [3.05, 3.63) is 35.1 Å². The summed E-state index contributed by atoms with van der Waals surface area (Å²) in [6, 6.07) is 3.70. The van der Waals surface area contributed by atoms with Crippen LogP contribution in [-0.4, -0.2) is 9.97 Å².